The quantitative estimate of drug-likeness (QED) is 0.728. The predicted octanol–water partition coefficient (Wildman–Crippen LogP) is 3.58. The van der Waals surface area contributed by atoms with E-state index in [9.17, 15) is 9.59 Å². The highest BCUT2D eigenvalue weighted by Gasteiger charge is 2.25. The number of nitrogens with one attached hydrogen (secondary N) is 1. The van der Waals surface area contributed by atoms with Crippen LogP contribution in [0.2, 0.25) is 0 Å². The van der Waals surface area contributed by atoms with Crippen LogP contribution in [0.3, 0.4) is 0 Å². The van der Waals surface area contributed by atoms with E-state index in [2.05, 4.69) is 5.32 Å². The van der Waals surface area contributed by atoms with E-state index in [1.54, 1.807) is 11.8 Å². The van der Waals surface area contributed by atoms with E-state index < -0.39 is 5.97 Å². The standard InChI is InChI=1S/C20H21NO4S/c22-19(23)8-9-26-13-14-4-3-6-17(10-14)21-20(24)16-11-15-5-1-2-7-18(15)25-12-16/h1-7,10,16H,8-9,11-13H2,(H,21,24)(H,22,23). The largest absolute Gasteiger partial charge is 0.492 e. The van der Waals surface area contributed by atoms with Gasteiger partial charge in [0.2, 0.25) is 5.91 Å². The van der Waals surface area contributed by atoms with Crippen molar-refractivity contribution in [2.75, 3.05) is 17.7 Å². The maximum atomic E-state index is 12.6. The number of carbonyl (C=O) groups is 2. The van der Waals surface area contributed by atoms with Crippen molar-refractivity contribution in [3.05, 3.63) is 59.7 Å². The van der Waals surface area contributed by atoms with Crippen molar-refractivity contribution < 1.29 is 19.4 Å². The van der Waals surface area contributed by atoms with Gasteiger partial charge in [-0.15, -0.1) is 0 Å². The maximum absolute atomic E-state index is 12.6. The first-order chi connectivity index (χ1) is 12.6. The minimum absolute atomic E-state index is 0.0461. The number of thioether (sulfide) groups is 1. The fraction of sp³-hybridized carbons (Fsp3) is 0.300. The summed E-state index contributed by atoms with van der Waals surface area (Å²) in [6.07, 6.45) is 0.830. The van der Waals surface area contributed by atoms with Gasteiger partial charge in [-0.05, 0) is 35.7 Å². The summed E-state index contributed by atoms with van der Waals surface area (Å²) in [6, 6.07) is 15.5. The minimum Gasteiger partial charge on any atom is -0.492 e. The average molecular weight is 371 g/mol. The summed E-state index contributed by atoms with van der Waals surface area (Å²) in [5.41, 5.74) is 2.87. The van der Waals surface area contributed by atoms with Gasteiger partial charge in [0, 0.05) is 17.2 Å². The zero-order chi connectivity index (χ0) is 18.4. The number of para-hydroxylation sites is 1. The van der Waals surface area contributed by atoms with Crippen molar-refractivity contribution in [1.29, 1.82) is 0 Å². The molecule has 2 N–H and O–H groups in total. The highest BCUT2D eigenvalue weighted by atomic mass is 32.2. The number of carbonyl (C=O) groups excluding carboxylic acids is 1. The molecule has 3 rings (SSSR count). The average Bonchev–Trinajstić information content (AvgIpc) is 2.65. The first-order valence-corrected chi connectivity index (χ1v) is 9.67. The van der Waals surface area contributed by atoms with Crippen molar-refractivity contribution >= 4 is 29.3 Å². The van der Waals surface area contributed by atoms with E-state index in [0.29, 0.717) is 18.8 Å². The molecule has 2 aromatic rings. The molecule has 1 aliphatic rings. The third-order valence-electron chi connectivity index (χ3n) is 4.17. The molecule has 0 saturated heterocycles. The van der Waals surface area contributed by atoms with Crippen LogP contribution < -0.4 is 10.1 Å². The Morgan fingerprint density at radius 1 is 1.19 bits per heavy atom. The fourth-order valence-corrected chi connectivity index (χ4v) is 3.71. The summed E-state index contributed by atoms with van der Waals surface area (Å²) in [6.45, 7) is 0.383. The Kier molecular flexibility index (Phi) is 6.17. The molecule has 136 valence electrons. The van der Waals surface area contributed by atoms with Crippen LogP contribution in [0.15, 0.2) is 48.5 Å². The molecule has 1 aliphatic heterocycles. The molecule has 0 saturated carbocycles. The summed E-state index contributed by atoms with van der Waals surface area (Å²) >= 11 is 1.57. The van der Waals surface area contributed by atoms with Gasteiger partial charge in [0.15, 0.2) is 0 Å². The van der Waals surface area contributed by atoms with E-state index in [4.69, 9.17) is 9.84 Å². The van der Waals surface area contributed by atoms with Gasteiger partial charge in [0.1, 0.15) is 12.4 Å². The SMILES string of the molecule is O=C(O)CCSCc1cccc(NC(=O)C2COc3ccccc3C2)c1. The molecule has 0 fully saturated rings. The van der Waals surface area contributed by atoms with Gasteiger partial charge in [0.05, 0.1) is 12.3 Å². The second-order valence-corrected chi connectivity index (χ2v) is 7.31. The maximum Gasteiger partial charge on any atom is 0.304 e. The number of rotatable bonds is 7. The lowest BCUT2D eigenvalue weighted by molar-refractivity contribution is -0.136. The zero-order valence-electron chi connectivity index (χ0n) is 14.3. The van der Waals surface area contributed by atoms with Gasteiger partial charge in [-0.2, -0.15) is 11.8 Å². The first kappa shape index (κ1) is 18.3. The molecule has 5 nitrogen and oxygen atoms in total. The van der Waals surface area contributed by atoms with E-state index in [0.717, 1.165) is 28.3 Å². The molecule has 0 spiro atoms. The Morgan fingerprint density at radius 2 is 2.04 bits per heavy atom. The van der Waals surface area contributed by atoms with Crippen LogP contribution in [0.25, 0.3) is 0 Å². The minimum atomic E-state index is -0.783. The van der Waals surface area contributed by atoms with Crippen LogP contribution in [0, 0.1) is 5.92 Å². The van der Waals surface area contributed by atoms with Gasteiger partial charge < -0.3 is 15.2 Å². The van der Waals surface area contributed by atoms with Crippen LogP contribution >= 0.6 is 11.8 Å². The lowest BCUT2D eigenvalue weighted by Gasteiger charge is -2.24. The van der Waals surface area contributed by atoms with E-state index in [1.165, 1.54) is 0 Å². The molecule has 1 heterocycles. The summed E-state index contributed by atoms with van der Waals surface area (Å²) in [5, 5.41) is 11.6. The Bertz CT molecular complexity index is 793. The molecule has 6 heteroatoms. The Morgan fingerprint density at radius 3 is 2.88 bits per heavy atom. The molecule has 0 bridgehead atoms. The molecule has 0 aromatic heterocycles. The number of carboxylic acids is 1. The van der Waals surface area contributed by atoms with E-state index >= 15 is 0 Å². The third-order valence-corrected chi connectivity index (χ3v) is 5.20. The second kappa shape index (κ2) is 8.76. The van der Waals surface area contributed by atoms with Crippen LogP contribution in [0.5, 0.6) is 5.75 Å². The van der Waals surface area contributed by atoms with E-state index in [1.807, 2.05) is 48.5 Å². The lowest BCUT2D eigenvalue weighted by atomic mass is 9.96. The first-order valence-electron chi connectivity index (χ1n) is 8.52. The van der Waals surface area contributed by atoms with Crippen molar-refractivity contribution in [2.24, 2.45) is 5.92 Å². The molecule has 1 amide bonds. The molecule has 0 radical (unpaired) electrons. The van der Waals surface area contributed by atoms with Crippen molar-refractivity contribution in [1.82, 2.24) is 0 Å². The molecular weight excluding hydrogens is 350 g/mol. The Hall–Kier alpha value is -2.47. The van der Waals surface area contributed by atoms with Crippen molar-refractivity contribution in [3.63, 3.8) is 0 Å². The van der Waals surface area contributed by atoms with Crippen LogP contribution in [-0.4, -0.2) is 29.3 Å². The van der Waals surface area contributed by atoms with Gasteiger partial charge in [-0.25, -0.2) is 0 Å². The van der Waals surface area contributed by atoms with Gasteiger partial charge in [0.25, 0.3) is 0 Å². The lowest BCUT2D eigenvalue weighted by Crippen LogP contribution is -2.32. The summed E-state index contributed by atoms with van der Waals surface area (Å²) in [5.74, 6) is 1.11. The number of aliphatic carboxylic acids is 1. The zero-order valence-corrected chi connectivity index (χ0v) is 15.1. The van der Waals surface area contributed by atoms with E-state index in [-0.39, 0.29) is 18.2 Å². The molecule has 0 aliphatic carbocycles. The highest BCUT2D eigenvalue weighted by Crippen LogP contribution is 2.27. The Balaban J connectivity index is 1.54. The smallest absolute Gasteiger partial charge is 0.304 e. The number of amides is 1. The van der Waals surface area contributed by atoms with Crippen LogP contribution in [-0.2, 0) is 21.8 Å². The van der Waals surface area contributed by atoms with Crippen molar-refractivity contribution in [2.45, 2.75) is 18.6 Å². The number of anilines is 1. The van der Waals surface area contributed by atoms with Crippen molar-refractivity contribution in [3.8, 4) is 5.75 Å². The second-order valence-electron chi connectivity index (χ2n) is 6.21. The number of ether oxygens (including phenoxy) is 1. The summed E-state index contributed by atoms with van der Waals surface area (Å²) in [7, 11) is 0. The Labute approximate surface area is 156 Å². The fourth-order valence-electron chi connectivity index (χ4n) is 2.83. The predicted molar refractivity (Wildman–Crippen MR) is 103 cm³/mol. The van der Waals surface area contributed by atoms with Crippen LogP contribution in [0.4, 0.5) is 5.69 Å². The number of carboxylic acid groups (broad SMARTS) is 1. The monoisotopic (exact) mass is 371 g/mol. The number of hydrogen-bond donors (Lipinski definition) is 2. The molecule has 1 unspecified atom stereocenters. The molecule has 26 heavy (non-hydrogen) atoms. The topological polar surface area (TPSA) is 75.6 Å². The number of benzene rings is 2. The molecular formula is C20H21NO4S. The third kappa shape index (κ3) is 5.02. The van der Waals surface area contributed by atoms with Gasteiger partial charge >= 0.3 is 5.97 Å². The highest BCUT2D eigenvalue weighted by molar-refractivity contribution is 7.98. The summed E-state index contributed by atoms with van der Waals surface area (Å²) < 4.78 is 5.69. The number of hydrogen-bond acceptors (Lipinski definition) is 4. The molecule has 1 atom stereocenters. The summed E-state index contributed by atoms with van der Waals surface area (Å²) in [4.78, 5) is 23.1. The van der Waals surface area contributed by atoms with Gasteiger partial charge in [-0.3, -0.25) is 9.59 Å². The normalized spacial score (nSPS) is 15.6. The molecule has 2 aromatic carbocycles. The number of fused-ring (bicyclic) bond motifs is 1. The van der Waals surface area contributed by atoms with Gasteiger partial charge in [-0.1, -0.05) is 30.3 Å². The van der Waals surface area contributed by atoms with Crippen LogP contribution in [0.1, 0.15) is 17.5 Å².